The van der Waals surface area contributed by atoms with E-state index in [1.165, 1.54) is 31.4 Å². The molecular weight excluding hydrogens is 277 g/mol. The van der Waals surface area contributed by atoms with Gasteiger partial charge in [0.05, 0.1) is 0 Å². The van der Waals surface area contributed by atoms with Crippen LogP contribution in [0.25, 0.3) is 0 Å². The number of hydrogen-bond acceptors (Lipinski definition) is 1. The molecule has 1 saturated carbocycles. The van der Waals surface area contributed by atoms with Crippen LogP contribution in [0.5, 0.6) is 0 Å². The number of aryl methyl sites for hydroxylation is 1. The number of alkyl halides is 1. The molecule has 1 aromatic carbocycles. The van der Waals surface area contributed by atoms with Crippen LogP contribution in [0.4, 0.5) is 4.39 Å². The fourth-order valence-corrected chi connectivity index (χ4v) is 3.18. The van der Waals surface area contributed by atoms with Gasteiger partial charge in [-0.2, -0.15) is 0 Å². The second-order valence-electron chi connectivity index (χ2n) is 5.84. The average molecular weight is 298 g/mol. The van der Waals surface area contributed by atoms with Crippen LogP contribution < -0.4 is 5.32 Å². The summed E-state index contributed by atoms with van der Waals surface area (Å²) < 4.78 is 13.2. The third kappa shape index (κ3) is 3.51. The van der Waals surface area contributed by atoms with Crippen molar-refractivity contribution < 1.29 is 9.18 Å². The highest BCUT2D eigenvalue weighted by atomic mass is 35.5. The molecule has 0 atom stereocenters. The van der Waals surface area contributed by atoms with Crippen LogP contribution in [0.3, 0.4) is 0 Å². The number of rotatable bonds is 4. The van der Waals surface area contributed by atoms with Gasteiger partial charge in [0.1, 0.15) is 5.82 Å². The second-order valence-corrected chi connectivity index (χ2v) is 6.11. The maximum Gasteiger partial charge on any atom is 0.251 e. The number of carbonyl (C=O) groups excluding carboxylic acids is 1. The smallest absolute Gasteiger partial charge is 0.251 e. The lowest BCUT2D eigenvalue weighted by Gasteiger charge is -2.35. The molecule has 1 aliphatic rings. The molecule has 0 spiro atoms. The molecule has 0 radical (unpaired) electrons. The first-order valence-electron chi connectivity index (χ1n) is 7.17. The molecule has 1 fully saturated rings. The van der Waals surface area contributed by atoms with Crippen molar-refractivity contribution in [3.63, 3.8) is 0 Å². The Bertz CT molecular complexity index is 483. The first-order chi connectivity index (χ1) is 9.56. The molecule has 110 valence electrons. The van der Waals surface area contributed by atoms with Crippen molar-refractivity contribution in [2.75, 3.05) is 12.4 Å². The van der Waals surface area contributed by atoms with Gasteiger partial charge in [-0.1, -0.05) is 19.3 Å². The molecule has 2 rings (SSSR count). The Morgan fingerprint density at radius 2 is 2.05 bits per heavy atom. The van der Waals surface area contributed by atoms with E-state index in [0.29, 0.717) is 23.6 Å². The summed E-state index contributed by atoms with van der Waals surface area (Å²) in [6, 6.07) is 4.44. The molecule has 0 aliphatic heterocycles. The van der Waals surface area contributed by atoms with Gasteiger partial charge in [0.25, 0.3) is 5.91 Å². The van der Waals surface area contributed by atoms with Crippen LogP contribution in [-0.2, 0) is 0 Å². The minimum absolute atomic E-state index is 0.0323. The van der Waals surface area contributed by atoms with Crippen molar-refractivity contribution >= 4 is 17.5 Å². The SMILES string of the molecule is Cc1cc(C(=O)NCC2(CCl)CCCCC2)ccc1F. The standard InChI is InChI=1S/C16H21ClFNO/c1-12-9-13(5-6-14(12)18)15(20)19-11-16(10-17)7-3-2-4-8-16/h5-6,9H,2-4,7-8,10-11H2,1H3,(H,19,20). The Kier molecular flexibility index (Phi) is 5.03. The van der Waals surface area contributed by atoms with E-state index in [1.807, 2.05) is 0 Å². The topological polar surface area (TPSA) is 29.1 Å². The lowest BCUT2D eigenvalue weighted by atomic mass is 9.75. The molecule has 0 saturated heterocycles. The van der Waals surface area contributed by atoms with E-state index in [2.05, 4.69) is 5.32 Å². The lowest BCUT2D eigenvalue weighted by molar-refractivity contribution is 0.0921. The van der Waals surface area contributed by atoms with Crippen molar-refractivity contribution in [1.29, 1.82) is 0 Å². The summed E-state index contributed by atoms with van der Waals surface area (Å²) >= 11 is 6.11. The van der Waals surface area contributed by atoms with Crippen LogP contribution in [0.1, 0.15) is 48.0 Å². The summed E-state index contributed by atoms with van der Waals surface area (Å²) in [6.45, 7) is 2.26. The monoisotopic (exact) mass is 297 g/mol. The summed E-state index contributed by atoms with van der Waals surface area (Å²) in [4.78, 5) is 12.1. The van der Waals surface area contributed by atoms with Crippen molar-refractivity contribution in [3.8, 4) is 0 Å². The summed E-state index contributed by atoms with van der Waals surface area (Å²) in [5.41, 5.74) is 1.02. The van der Waals surface area contributed by atoms with Gasteiger partial charge in [0.2, 0.25) is 0 Å². The summed E-state index contributed by atoms with van der Waals surface area (Å²) in [7, 11) is 0. The lowest BCUT2D eigenvalue weighted by Crippen LogP contribution is -2.40. The number of amides is 1. The Balaban J connectivity index is 1.98. The van der Waals surface area contributed by atoms with Gasteiger partial charge in [0.15, 0.2) is 0 Å². The van der Waals surface area contributed by atoms with E-state index in [1.54, 1.807) is 13.0 Å². The Labute approximate surface area is 124 Å². The van der Waals surface area contributed by atoms with E-state index in [4.69, 9.17) is 11.6 Å². The van der Waals surface area contributed by atoms with E-state index >= 15 is 0 Å². The van der Waals surface area contributed by atoms with Gasteiger partial charge in [-0.25, -0.2) is 4.39 Å². The number of benzene rings is 1. The van der Waals surface area contributed by atoms with Crippen LogP contribution >= 0.6 is 11.6 Å². The molecule has 0 aromatic heterocycles. The first kappa shape index (κ1) is 15.3. The fourth-order valence-electron chi connectivity index (χ4n) is 2.82. The van der Waals surface area contributed by atoms with Gasteiger partial charge >= 0.3 is 0 Å². The molecule has 0 heterocycles. The van der Waals surface area contributed by atoms with Crippen LogP contribution in [0, 0.1) is 18.2 Å². The van der Waals surface area contributed by atoms with Gasteiger partial charge in [-0.15, -0.1) is 11.6 Å². The third-order valence-corrected chi connectivity index (χ3v) is 4.81. The molecule has 4 heteroatoms. The number of nitrogens with one attached hydrogen (secondary N) is 1. The summed E-state index contributed by atoms with van der Waals surface area (Å²) in [5, 5.41) is 2.96. The van der Waals surface area contributed by atoms with Crippen LogP contribution in [-0.4, -0.2) is 18.3 Å². The molecule has 0 bridgehead atoms. The van der Waals surface area contributed by atoms with Crippen LogP contribution in [0.2, 0.25) is 0 Å². The third-order valence-electron chi connectivity index (χ3n) is 4.24. The first-order valence-corrected chi connectivity index (χ1v) is 7.70. The zero-order valence-corrected chi connectivity index (χ0v) is 12.6. The Hall–Kier alpha value is -1.09. The molecule has 1 amide bonds. The van der Waals surface area contributed by atoms with Gasteiger partial charge in [-0.3, -0.25) is 4.79 Å². The van der Waals surface area contributed by atoms with E-state index < -0.39 is 0 Å². The van der Waals surface area contributed by atoms with Gasteiger partial charge in [0, 0.05) is 23.4 Å². The maximum atomic E-state index is 13.2. The molecule has 1 N–H and O–H groups in total. The van der Waals surface area contributed by atoms with Crippen molar-refractivity contribution in [3.05, 3.63) is 35.1 Å². The average Bonchev–Trinajstić information content (AvgIpc) is 2.48. The highest BCUT2D eigenvalue weighted by molar-refractivity contribution is 6.18. The van der Waals surface area contributed by atoms with Gasteiger partial charge < -0.3 is 5.32 Å². The van der Waals surface area contributed by atoms with Crippen molar-refractivity contribution in [2.45, 2.75) is 39.0 Å². The van der Waals surface area contributed by atoms with Gasteiger partial charge in [-0.05, 0) is 43.5 Å². The molecule has 1 aromatic rings. The quantitative estimate of drug-likeness (QED) is 0.835. The molecule has 2 nitrogen and oxygen atoms in total. The Morgan fingerprint density at radius 3 is 2.65 bits per heavy atom. The zero-order chi connectivity index (χ0) is 14.6. The number of hydrogen-bond donors (Lipinski definition) is 1. The minimum Gasteiger partial charge on any atom is -0.351 e. The predicted molar refractivity (Wildman–Crippen MR) is 79.7 cm³/mol. The Morgan fingerprint density at radius 1 is 1.35 bits per heavy atom. The largest absolute Gasteiger partial charge is 0.351 e. The summed E-state index contributed by atoms with van der Waals surface area (Å²) in [5.74, 6) is 0.143. The maximum absolute atomic E-state index is 13.2. The van der Waals surface area contributed by atoms with E-state index in [0.717, 1.165) is 12.8 Å². The molecular formula is C16H21ClFNO. The highest BCUT2D eigenvalue weighted by Gasteiger charge is 2.31. The molecule has 0 unspecified atom stereocenters. The van der Waals surface area contributed by atoms with E-state index in [-0.39, 0.29) is 17.1 Å². The number of carbonyl (C=O) groups is 1. The highest BCUT2D eigenvalue weighted by Crippen LogP contribution is 2.36. The summed E-state index contributed by atoms with van der Waals surface area (Å²) in [6.07, 6.45) is 5.75. The number of halogens is 2. The van der Waals surface area contributed by atoms with Crippen molar-refractivity contribution in [2.24, 2.45) is 5.41 Å². The molecule has 1 aliphatic carbocycles. The van der Waals surface area contributed by atoms with Crippen LogP contribution in [0.15, 0.2) is 18.2 Å². The fraction of sp³-hybridized carbons (Fsp3) is 0.562. The second kappa shape index (κ2) is 6.57. The molecule has 20 heavy (non-hydrogen) atoms. The normalized spacial score (nSPS) is 17.8. The minimum atomic E-state index is -0.286. The predicted octanol–water partition coefficient (Wildman–Crippen LogP) is 4.05. The zero-order valence-electron chi connectivity index (χ0n) is 11.8. The van der Waals surface area contributed by atoms with E-state index in [9.17, 15) is 9.18 Å². The van der Waals surface area contributed by atoms with Crippen molar-refractivity contribution in [1.82, 2.24) is 5.32 Å².